The maximum Gasteiger partial charge on any atom is 0.223 e. The van der Waals surface area contributed by atoms with Crippen LogP contribution in [0, 0.1) is 11.8 Å². The van der Waals surface area contributed by atoms with Gasteiger partial charge in [0.1, 0.15) is 0 Å². The highest BCUT2D eigenvalue weighted by atomic mass is 16.1. The molecule has 2 heterocycles. The highest BCUT2D eigenvalue weighted by Crippen LogP contribution is 2.20. The number of piperidine rings is 1. The number of rotatable bonds is 5. The average molecular weight is 315 g/mol. The first kappa shape index (κ1) is 16.5. The Bertz CT molecular complexity index is 497. The minimum atomic E-state index is 0.209. The number of amides is 1. The first-order valence-corrected chi connectivity index (χ1v) is 8.93. The predicted octanol–water partition coefficient (Wildman–Crippen LogP) is 1.97. The van der Waals surface area contributed by atoms with Crippen molar-refractivity contribution in [3.05, 3.63) is 35.9 Å². The van der Waals surface area contributed by atoms with E-state index in [1.165, 1.54) is 18.5 Å². The lowest BCUT2D eigenvalue weighted by molar-refractivity contribution is -0.126. The van der Waals surface area contributed by atoms with Crippen LogP contribution in [0.15, 0.2) is 30.3 Å². The van der Waals surface area contributed by atoms with Crippen LogP contribution in [0.3, 0.4) is 0 Å². The Hall–Kier alpha value is -1.39. The van der Waals surface area contributed by atoms with Gasteiger partial charge in [-0.3, -0.25) is 9.69 Å². The van der Waals surface area contributed by atoms with Crippen molar-refractivity contribution in [2.45, 2.75) is 25.8 Å². The number of benzene rings is 1. The molecule has 0 bridgehead atoms. The number of nitrogens with one attached hydrogen (secondary N) is 1. The average Bonchev–Trinajstić information content (AvgIpc) is 3.00. The normalized spacial score (nSPS) is 24.0. The third-order valence-electron chi connectivity index (χ3n) is 5.26. The van der Waals surface area contributed by atoms with E-state index in [1.54, 1.807) is 0 Å². The highest BCUT2D eigenvalue weighted by Gasteiger charge is 2.26. The van der Waals surface area contributed by atoms with Gasteiger partial charge in [0.15, 0.2) is 0 Å². The van der Waals surface area contributed by atoms with Crippen LogP contribution in [-0.2, 0) is 11.3 Å². The molecule has 0 saturated carbocycles. The molecule has 1 atom stereocenters. The highest BCUT2D eigenvalue weighted by molar-refractivity contribution is 5.78. The van der Waals surface area contributed by atoms with E-state index in [1.807, 2.05) is 0 Å². The molecular formula is C19H29N3O. The Kier molecular flexibility index (Phi) is 5.68. The Balaban J connectivity index is 1.37. The van der Waals surface area contributed by atoms with Crippen LogP contribution in [0.4, 0.5) is 0 Å². The van der Waals surface area contributed by atoms with Crippen molar-refractivity contribution >= 4 is 5.91 Å². The van der Waals surface area contributed by atoms with Gasteiger partial charge >= 0.3 is 0 Å². The topological polar surface area (TPSA) is 35.6 Å². The standard InChI is InChI=1S/C19H29N3O/c1-21-10-7-17(14-21)13-20-19(23)18-8-11-22(12-9-18)15-16-5-3-2-4-6-16/h2-6,17-18H,7-15H2,1H3,(H,20,23). The number of hydrogen-bond donors (Lipinski definition) is 1. The van der Waals surface area contributed by atoms with E-state index in [0.29, 0.717) is 5.92 Å². The summed E-state index contributed by atoms with van der Waals surface area (Å²) >= 11 is 0. The van der Waals surface area contributed by atoms with Crippen LogP contribution in [0.5, 0.6) is 0 Å². The summed E-state index contributed by atoms with van der Waals surface area (Å²) < 4.78 is 0. The Morgan fingerprint density at radius 3 is 2.52 bits per heavy atom. The van der Waals surface area contributed by atoms with Crippen molar-refractivity contribution < 1.29 is 4.79 Å². The lowest BCUT2D eigenvalue weighted by atomic mass is 9.95. The molecule has 1 N–H and O–H groups in total. The van der Waals surface area contributed by atoms with Crippen LogP contribution in [0.25, 0.3) is 0 Å². The first-order chi connectivity index (χ1) is 11.2. The molecule has 1 unspecified atom stereocenters. The summed E-state index contributed by atoms with van der Waals surface area (Å²) in [4.78, 5) is 17.2. The Morgan fingerprint density at radius 2 is 1.87 bits per heavy atom. The van der Waals surface area contributed by atoms with Crippen LogP contribution in [0.1, 0.15) is 24.8 Å². The molecule has 3 rings (SSSR count). The van der Waals surface area contributed by atoms with Crippen molar-refractivity contribution in [2.75, 3.05) is 39.8 Å². The zero-order chi connectivity index (χ0) is 16.1. The summed E-state index contributed by atoms with van der Waals surface area (Å²) in [7, 11) is 2.16. The molecule has 4 nitrogen and oxygen atoms in total. The van der Waals surface area contributed by atoms with E-state index in [0.717, 1.165) is 45.6 Å². The lowest BCUT2D eigenvalue weighted by Crippen LogP contribution is -2.41. The number of carbonyl (C=O) groups is 1. The first-order valence-electron chi connectivity index (χ1n) is 8.93. The molecule has 23 heavy (non-hydrogen) atoms. The molecule has 4 heteroatoms. The van der Waals surface area contributed by atoms with Crippen LogP contribution >= 0.6 is 0 Å². The summed E-state index contributed by atoms with van der Waals surface area (Å²) in [5, 5.41) is 3.20. The molecule has 1 aromatic rings. The fourth-order valence-electron chi connectivity index (χ4n) is 3.78. The fraction of sp³-hybridized carbons (Fsp3) is 0.632. The minimum absolute atomic E-state index is 0.209. The molecule has 2 aliphatic heterocycles. The summed E-state index contributed by atoms with van der Waals surface area (Å²) in [6.07, 6.45) is 3.19. The van der Waals surface area contributed by atoms with Crippen molar-refractivity contribution in [3.63, 3.8) is 0 Å². The Labute approximate surface area is 139 Å². The second-order valence-electron chi connectivity index (χ2n) is 7.20. The third-order valence-corrected chi connectivity index (χ3v) is 5.26. The second-order valence-corrected chi connectivity index (χ2v) is 7.20. The smallest absolute Gasteiger partial charge is 0.223 e. The van der Waals surface area contributed by atoms with Gasteiger partial charge in [0.25, 0.3) is 0 Å². The van der Waals surface area contributed by atoms with Gasteiger partial charge in [-0.1, -0.05) is 30.3 Å². The second kappa shape index (κ2) is 7.93. The SMILES string of the molecule is CN1CCC(CNC(=O)C2CCN(Cc3ccccc3)CC2)C1. The van der Waals surface area contributed by atoms with Crippen LogP contribution < -0.4 is 5.32 Å². The van der Waals surface area contributed by atoms with E-state index in [-0.39, 0.29) is 11.8 Å². The van der Waals surface area contributed by atoms with E-state index in [2.05, 4.69) is 52.5 Å². The molecule has 0 aromatic heterocycles. The maximum atomic E-state index is 12.4. The molecule has 2 saturated heterocycles. The van der Waals surface area contributed by atoms with Crippen molar-refractivity contribution in [1.29, 1.82) is 0 Å². The Morgan fingerprint density at radius 1 is 1.13 bits per heavy atom. The minimum Gasteiger partial charge on any atom is -0.356 e. The zero-order valence-corrected chi connectivity index (χ0v) is 14.2. The molecule has 0 radical (unpaired) electrons. The molecule has 2 aliphatic rings. The maximum absolute atomic E-state index is 12.4. The molecule has 0 aliphatic carbocycles. The van der Waals surface area contributed by atoms with Gasteiger partial charge in [0, 0.05) is 25.6 Å². The van der Waals surface area contributed by atoms with E-state index >= 15 is 0 Å². The fourth-order valence-corrected chi connectivity index (χ4v) is 3.78. The van der Waals surface area contributed by atoms with Crippen molar-refractivity contribution in [2.24, 2.45) is 11.8 Å². The largest absolute Gasteiger partial charge is 0.356 e. The van der Waals surface area contributed by atoms with Gasteiger partial charge in [-0.2, -0.15) is 0 Å². The monoisotopic (exact) mass is 315 g/mol. The lowest BCUT2D eigenvalue weighted by Gasteiger charge is -2.31. The third kappa shape index (κ3) is 4.79. The quantitative estimate of drug-likeness (QED) is 0.902. The summed E-state index contributed by atoms with van der Waals surface area (Å²) in [6.45, 7) is 6.20. The number of nitrogens with zero attached hydrogens (tertiary/aromatic N) is 2. The van der Waals surface area contributed by atoms with Gasteiger partial charge in [-0.05, 0) is 57.4 Å². The van der Waals surface area contributed by atoms with E-state index < -0.39 is 0 Å². The number of hydrogen-bond acceptors (Lipinski definition) is 3. The van der Waals surface area contributed by atoms with Crippen molar-refractivity contribution in [3.8, 4) is 0 Å². The predicted molar refractivity (Wildman–Crippen MR) is 93.1 cm³/mol. The van der Waals surface area contributed by atoms with Gasteiger partial charge in [0.05, 0.1) is 0 Å². The van der Waals surface area contributed by atoms with Crippen molar-refractivity contribution in [1.82, 2.24) is 15.1 Å². The van der Waals surface area contributed by atoms with Crippen LogP contribution in [0.2, 0.25) is 0 Å². The van der Waals surface area contributed by atoms with Gasteiger partial charge in [0.2, 0.25) is 5.91 Å². The van der Waals surface area contributed by atoms with E-state index in [4.69, 9.17) is 0 Å². The molecule has 126 valence electrons. The summed E-state index contributed by atoms with van der Waals surface area (Å²) in [5.41, 5.74) is 1.36. The number of likely N-dealkylation sites (tertiary alicyclic amines) is 2. The van der Waals surface area contributed by atoms with Gasteiger partial charge < -0.3 is 10.2 Å². The zero-order valence-electron chi connectivity index (χ0n) is 14.2. The molecular weight excluding hydrogens is 286 g/mol. The summed E-state index contributed by atoms with van der Waals surface area (Å²) in [5.74, 6) is 1.13. The molecule has 0 spiro atoms. The summed E-state index contributed by atoms with van der Waals surface area (Å²) in [6, 6.07) is 10.6. The van der Waals surface area contributed by atoms with Gasteiger partial charge in [-0.25, -0.2) is 0 Å². The molecule has 1 aromatic carbocycles. The van der Waals surface area contributed by atoms with E-state index in [9.17, 15) is 4.79 Å². The van der Waals surface area contributed by atoms with Gasteiger partial charge in [-0.15, -0.1) is 0 Å². The van der Waals surface area contributed by atoms with Crippen LogP contribution in [-0.4, -0.2) is 55.5 Å². The molecule has 1 amide bonds. The number of carbonyl (C=O) groups excluding carboxylic acids is 1. The molecule has 2 fully saturated rings.